The Bertz CT molecular complexity index is 434. The number of carbonyl (C=O) groups excluding carboxylic acids is 1. The van der Waals surface area contributed by atoms with Crippen molar-refractivity contribution in [1.82, 2.24) is 0 Å². The molecule has 6 nitrogen and oxygen atoms in total. The Morgan fingerprint density at radius 1 is 1.50 bits per heavy atom. The number of hydrogen-bond donors (Lipinski definition) is 3. The fourth-order valence-corrected chi connectivity index (χ4v) is 1.18. The van der Waals surface area contributed by atoms with Crippen molar-refractivity contribution in [3.05, 3.63) is 24.3 Å². The summed E-state index contributed by atoms with van der Waals surface area (Å²) in [5.41, 5.74) is 5.93. The molecular formula is C12H16N2O4. The van der Waals surface area contributed by atoms with Crippen LogP contribution in [-0.4, -0.2) is 30.1 Å². The Morgan fingerprint density at radius 3 is 2.83 bits per heavy atom. The van der Waals surface area contributed by atoms with Crippen LogP contribution in [0.1, 0.15) is 6.92 Å². The molecule has 0 radical (unpaired) electrons. The zero-order chi connectivity index (χ0) is 13.5. The van der Waals surface area contributed by atoms with E-state index in [-0.39, 0.29) is 18.4 Å². The second kappa shape index (κ2) is 6.61. The van der Waals surface area contributed by atoms with Gasteiger partial charge < -0.3 is 20.9 Å². The second-order valence-electron chi connectivity index (χ2n) is 3.84. The van der Waals surface area contributed by atoms with Gasteiger partial charge >= 0.3 is 5.97 Å². The minimum absolute atomic E-state index is 0.187. The van der Waals surface area contributed by atoms with Crippen molar-refractivity contribution in [2.24, 2.45) is 11.7 Å². The van der Waals surface area contributed by atoms with Gasteiger partial charge in [-0.1, -0.05) is 13.0 Å². The van der Waals surface area contributed by atoms with Gasteiger partial charge in [-0.25, -0.2) is 4.79 Å². The van der Waals surface area contributed by atoms with Crippen molar-refractivity contribution >= 4 is 17.6 Å². The molecule has 18 heavy (non-hydrogen) atoms. The number of carboxylic acids is 1. The highest BCUT2D eigenvalue weighted by atomic mass is 16.5. The zero-order valence-corrected chi connectivity index (χ0v) is 10.1. The van der Waals surface area contributed by atoms with Crippen molar-refractivity contribution < 1.29 is 19.4 Å². The Morgan fingerprint density at radius 2 is 2.22 bits per heavy atom. The minimum atomic E-state index is -1.05. The molecule has 1 unspecified atom stereocenters. The summed E-state index contributed by atoms with van der Waals surface area (Å²) in [6.07, 6.45) is 0. The lowest BCUT2D eigenvalue weighted by Gasteiger charge is -2.11. The summed E-state index contributed by atoms with van der Waals surface area (Å²) < 4.78 is 5.00. The van der Waals surface area contributed by atoms with Crippen LogP contribution in [0.3, 0.4) is 0 Å². The average Bonchev–Trinajstić information content (AvgIpc) is 2.35. The first-order chi connectivity index (χ1) is 8.52. The minimum Gasteiger partial charge on any atom is -0.482 e. The van der Waals surface area contributed by atoms with E-state index in [2.05, 4.69) is 5.32 Å². The summed E-state index contributed by atoms with van der Waals surface area (Å²) in [7, 11) is 0. The maximum absolute atomic E-state index is 11.6. The van der Waals surface area contributed by atoms with Crippen LogP contribution in [0.2, 0.25) is 0 Å². The highest BCUT2D eigenvalue weighted by molar-refractivity contribution is 5.92. The summed E-state index contributed by atoms with van der Waals surface area (Å²) in [6.45, 7) is 1.57. The maximum atomic E-state index is 11.6. The van der Waals surface area contributed by atoms with E-state index < -0.39 is 12.6 Å². The molecule has 0 spiro atoms. The quantitative estimate of drug-likeness (QED) is 0.691. The van der Waals surface area contributed by atoms with E-state index in [0.29, 0.717) is 11.4 Å². The van der Waals surface area contributed by atoms with E-state index >= 15 is 0 Å². The number of benzene rings is 1. The molecule has 0 aliphatic rings. The lowest BCUT2D eigenvalue weighted by atomic mass is 10.1. The number of nitrogens with one attached hydrogen (secondary N) is 1. The molecule has 1 aromatic rings. The Hall–Kier alpha value is -2.08. The Balaban J connectivity index is 2.64. The van der Waals surface area contributed by atoms with Crippen molar-refractivity contribution in [1.29, 1.82) is 0 Å². The number of anilines is 1. The molecule has 1 rings (SSSR count). The fourth-order valence-electron chi connectivity index (χ4n) is 1.18. The van der Waals surface area contributed by atoms with Gasteiger partial charge in [0.05, 0.1) is 0 Å². The molecule has 6 heteroatoms. The largest absolute Gasteiger partial charge is 0.482 e. The van der Waals surface area contributed by atoms with Crippen molar-refractivity contribution in [2.45, 2.75) is 6.92 Å². The molecule has 4 N–H and O–H groups in total. The van der Waals surface area contributed by atoms with E-state index in [1.165, 1.54) is 0 Å². The summed E-state index contributed by atoms with van der Waals surface area (Å²) >= 11 is 0. The maximum Gasteiger partial charge on any atom is 0.341 e. The standard InChI is InChI=1S/C12H16N2O4/c1-8(6-13)12(17)14-9-3-2-4-10(5-9)18-7-11(15)16/h2-5,8H,6-7,13H2,1H3,(H,14,17)(H,15,16). The van der Waals surface area contributed by atoms with Crippen LogP contribution in [-0.2, 0) is 9.59 Å². The zero-order valence-electron chi connectivity index (χ0n) is 10.1. The smallest absolute Gasteiger partial charge is 0.341 e. The van der Waals surface area contributed by atoms with E-state index in [0.717, 1.165) is 0 Å². The molecule has 98 valence electrons. The molecule has 0 fully saturated rings. The molecule has 1 aromatic carbocycles. The molecule has 0 saturated carbocycles. The third kappa shape index (κ3) is 4.42. The average molecular weight is 252 g/mol. The second-order valence-corrected chi connectivity index (χ2v) is 3.84. The molecule has 1 atom stereocenters. The molecule has 0 bridgehead atoms. The van der Waals surface area contributed by atoms with E-state index in [9.17, 15) is 9.59 Å². The van der Waals surface area contributed by atoms with Gasteiger partial charge in [0, 0.05) is 24.2 Å². The lowest BCUT2D eigenvalue weighted by molar-refractivity contribution is -0.139. The van der Waals surface area contributed by atoms with Crippen molar-refractivity contribution in [2.75, 3.05) is 18.5 Å². The number of ether oxygens (including phenoxy) is 1. The fraction of sp³-hybridized carbons (Fsp3) is 0.333. The van der Waals surface area contributed by atoms with Crippen LogP contribution in [0.4, 0.5) is 5.69 Å². The SMILES string of the molecule is CC(CN)C(=O)Nc1cccc(OCC(=O)O)c1. The van der Waals surface area contributed by atoms with Crippen LogP contribution in [0.25, 0.3) is 0 Å². The topological polar surface area (TPSA) is 102 Å². The van der Waals surface area contributed by atoms with Crippen molar-refractivity contribution in [3.63, 3.8) is 0 Å². The number of amides is 1. The predicted molar refractivity (Wildman–Crippen MR) is 66.4 cm³/mol. The van der Waals surface area contributed by atoms with Gasteiger partial charge in [0.2, 0.25) is 5.91 Å². The summed E-state index contributed by atoms with van der Waals surface area (Å²) in [5, 5.41) is 11.2. The monoisotopic (exact) mass is 252 g/mol. The number of carbonyl (C=O) groups is 2. The highest BCUT2D eigenvalue weighted by Gasteiger charge is 2.11. The third-order valence-electron chi connectivity index (χ3n) is 2.27. The summed E-state index contributed by atoms with van der Waals surface area (Å²) in [6, 6.07) is 6.53. The number of hydrogen-bond acceptors (Lipinski definition) is 4. The predicted octanol–water partition coefficient (Wildman–Crippen LogP) is 0.683. The number of carboxylic acid groups (broad SMARTS) is 1. The first-order valence-corrected chi connectivity index (χ1v) is 5.48. The van der Waals surface area contributed by atoms with Crippen LogP contribution in [0.15, 0.2) is 24.3 Å². The molecule has 0 saturated heterocycles. The molecule has 0 heterocycles. The van der Waals surface area contributed by atoms with Gasteiger partial charge in [0.1, 0.15) is 5.75 Å². The van der Waals surface area contributed by atoms with Gasteiger partial charge in [0.15, 0.2) is 6.61 Å². The highest BCUT2D eigenvalue weighted by Crippen LogP contribution is 2.17. The third-order valence-corrected chi connectivity index (χ3v) is 2.27. The lowest BCUT2D eigenvalue weighted by Crippen LogP contribution is -2.26. The first kappa shape index (κ1) is 14.0. The molecule has 0 aliphatic heterocycles. The van der Waals surface area contributed by atoms with Gasteiger partial charge in [0.25, 0.3) is 0 Å². The number of nitrogens with two attached hydrogens (primary N) is 1. The van der Waals surface area contributed by atoms with Gasteiger partial charge in [-0.15, -0.1) is 0 Å². The van der Waals surface area contributed by atoms with Crippen LogP contribution in [0.5, 0.6) is 5.75 Å². The van der Waals surface area contributed by atoms with E-state index in [4.69, 9.17) is 15.6 Å². The van der Waals surface area contributed by atoms with Crippen LogP contribution in [0, 0.1) is 5.92 Å². The molecule has 0 aliphatic carbocycles. The van der Waals surface area contributed by atoms with Crippen LogP contribution < -0.4 is 15.8 Å². The molecule has 0 aromatic heterocycles. The van der Waals surface area contributed by atoms with Crippen molar-refractivity contribution in [3.8, 4) is 5.75 Å². The molecular weight excluding hydrogens is 236 g/mol. The van der Waals surface area contributed by atoms with Gasteiger partial charge in [-0.3, -0.25) is 4.79 Å². The number of rotatable bonds is 6. The number of aliphatic carboxylic acids is 1. The van der Waals surface area contributed by atoms with E-state index in [1.54, 1.807) is 31.2 Å². The Labute approximate surface area is 105 Å². The molecule has 1 amide bonds. The summed E-state index contributed by atoms with van der Waals surface area (Å²) in [4.78, 5) is 21.9. The van der Waals surface area contributed by atoms with Crippen LogP contribution >= 0.6 is 0 Å². The Kier molecular flexibility index (Phi) is 5.13. The normalized spacial score (nSPS) is 11.7. The van der Waals surface area contributed by atoms with Gasteiger partial charge in [-0.05, 0) is 12.1 Å². The first-order valence-electron chi connectivity index (χ1n) is 5.48. The van der Waals surface area contributed by atoms with E-state index in [1.807, 2.05) is 0 Å². The summed E-state index contributed by atoms with van der Waals surface area (Å²) in [5.74, 6) is -1.14. The van der Waals surface area contributed by atoms with Gasteiger partial charge in [-0.2, -0.15) is 0 Å².